The van der Waals surface area contributed by atoms with E-state index in [1.54, 1.807) is 131 Å². The summed E-state index contributed by atoms with van der Waals surface area (Å²) in [4.78, 5) is 50.3. The Morgan fingerprint density at radius 1 is 0.553 bits per heavy atom. The zero-order valence-electron chi connectivity index (χ0n) is 62.2. The average molecular weight is 1510 g/mol. The minimum absolute atomic E-state index is 0.104. The second-order valence-electron chi connectivity index (χ2n) is 28.5. The van der Waals surface area contributed by atoms with E-state index in [1.165, 1.54) is 62.2 Å². The molecule has 6 rings (SSSR count). The van der Waals surface area contributed by atoms with Crippen LogP contribution in [0.15, 0.2) is 121 Å². The second-order valence-corrected chi connectivity index (χ2v) is 40.1. The van der Waals surface area contributed by atoms with Gasteiger partial charge in [0.25, 0.3) is 5.24 Å². The van der Waals surface area contributed by atoms with Gasteiger partial charge in [-0.1, -0.05) is 158 Å². The van der Waals surface area contributed by atoms with E-state index in [2.05, 4.69) is 39.3 Å². The number of rotatable bonds is 33. The smallest absolute Gasteiger partial charge is 0.395 e. The Hall–Kier alpha value is -6.86. The third-order valence-electron chi connectivity index (χ3n) is 15.8. The van der Waals surface area contributed by atoms with Gasteiger partial charge in [-0.15, -0.1) is 0 Å². The summed E-state index contributed by atoms with van der Waals surface area (Å²) in [6, 6.07) is 24.9. The first-order valence-corrected chi connectivity index (χ1v) is 41.6. The largest absolute Gasteiger partial charge is 0.497 e. The van der Waals surface area contributed by atoms with Crippen molar-refractivity contribution in [2.75, 3.05) is 55.2 Å². The van der Waals surface area contributed by atoms with Gasteiger partial charge in [-0.05, 0) is 118 Å². The first-order chi connectivity index (χ1) is 48.0. The van der Waals surface area contributed by atoms with Gasteiger partial charge in [0.1, 0.15) is 58.5 Å². The predicted molar refractivity (Wildman–Crippen MR) is 388 cm³/mol. The molecule has 103 heavy (non-hydrogen) atoms. The first-order valence-electron chi connectivity index (χ1n) is 33.8. The topological polar surface area (TPSA) is 208 Å². The van der Waals surface area contributed by atoms with E-state index in [0.29, 0.717) is 28.2 Å². The van der Waals surface area contributed by atoms with Crippen LogP contribution in [-0.2, 0) is 42.6 Å². The van der Waals surface area contributed by atoms with E-state index in [-0.39, 0.29) is 67.8 Å². The van der Waals surface area contributed by atoms with E-state index in [9.17, 15) is 50.6 Å². The van der Waals surface area contributed by atoms with Crippen molar-refractivity contribution in [3.63, 3.8) is 0 Å². The summed E-state index contributed by atoms with van der Waals surface area (Å²) in [6.07, 6.45) is -3.27. The lowest BCUT2D eigenvalue weighted by molar-refractivity contribution is -0.172. The number of carbonyl (C=O) groups excluding carboxylic acids is 4. The third-order valence-corrected chi connectivity index (χ3v) is 19.5. The van der Waals surface area contributed by atoms with Crippen molar-refractivity contribution < 1.29 is 112 Å². The fourth-order valence-electron chi connectivity index (χ4n) is 10.5. The second kappa shape index (κ2) is 40.6. The molecule has 4 aromatic carbocycles. The fraction of sp³-hybridized carbons (Fsp3) is 0.526. The van der Waals surface area contributed by atoms with Crippen LogP contribution in [0.4, 0.5) is 26.3 Å². The molecule has 2 aliphatic heterocycles. The van der Waals surface area contributed by atoms with Gasteiger partial charge < -0.3 is 66.7 Å². The summed E-state index contributed by atoms with van der Waals surface area (Å²) in [5.41, 5.74) is 2.04. The van der Waals surface area contributed by atoms with Crippen LogP contribution in [0.5, 0.6) is 23.0 Å². The predicted octanol–water partition coefficient (Wildman–Crippen LogP) is 17.6. The number of benzene rings is 4. The molecule has 572 valence electrons. The molecule has 4 aromatic rings. The van der Waals surface area contributed by atoms with Gasteiger partial charge in [0.15, 0.2) is 25.2 Å². The SMILES string of the molecule is COCOc1cc(OC)cc(/C=C/CC2OC(C)(C)OC2C(/C=C\C(C(C)C)C(F)(F)F)OC(=O)c2ccccc2)c1C(=O)OCC[Si](C)(C)C.COCOc1cc(OC)cc(/C=C/CC2OC(C)(C)OC2C(O)/C=C\C(C(C)C)C(F)(F)F)c1C(=O)OCC[Si](C)(C)C.O=C(Cl)c1ccccc1. The van der Waals surface area contributed by atoms with Crippen LogP contribution >= 0.6 is 11.6 Å². The van der Waals surface area contributed by atoms with E-state index >= 15 is 0 Å². The van der Waals surface area contributed by atoms with Crippen LogP contribution in [-0.4, -0.2) is 160 Å². The summed E-state index contributed by atoms with van der Waals surface area (Å²) < 4.78 is 156. The molecule has 18 nitrogen and oxygen atoms in total. The molecule has 0 amide bonds. The molecule has 0 aliphatic carbocycles. The lowest BCUT2D eigenvalue weighted by Gasteiger charge is -2.26. The molecule has 2 saturated heterocycles. The summed E-state index contributed by atoms with van der Waals surface area (Å²) in [5, 5.41) is 10.4. The molecule has 27 heteroatoms. The van der Waals surface area contributed by atoms with Crippen LogP contribution in [0.25, 0.3) is 12.2 Å². The zero-order chi connectivity index (χ0) is 77.3. The van der Waals surface area contributed by atoms with Gasteiger partial charge in [-0.3, -0.25) is 4.79 Å². The van der Waals surface area contributed by atoms with E-state index in [0.717, 1.165) is 30.3 Å². The minimum atomic E-state index is -4.51. The number of alkyl halides is 6. The lowest BCUT2D eigenvalue weighted by Crippen LogP contribution is -2.38. The number of aliphatic hydroxyl groups excluding tert-OH is 1. The molecule has 0 radical (unpaired) electrons. The molecule has 2 heterocycles. The number of ether oxygens (including phenoxy) is 13. The zero-order valence-corrected chi connectivity index (χ0v) is 64.9. The number of halogens is 7. The van der Waals surface area contributed by atoms with Crippen LogP contribution in [0.1, 0.15) is 121 Å². The molecule has 0 saturated carbocycles. The Kier molecular flexibility index (Phi) is 34.9. The van der Waals surface area contributed by atoms with Crippen LogP contribution in [0.2, 0.25) is 51.4 Å². The molecular weight excluding hydrogens is 1410 g/mol. The molecule has 8 unspecified atom stereocenters. The number of allylic oxidation sites excluding steroid dienone is 2. The highest BCUT2D eigenvalue weighted by atomic mass is 35.5. The maximum absolute atomic E-state index is 13.9. The number of aliphatic hydroxyl groups is 1. The van der Waals surface area contributed by atoms with Crippen molar-refractivity contribution in [3.05, 3.63) is 155 Å². The van der Waals surface area contributed by atoms with Gasteiger partial charge in [-0.2, -0.15) is 26.3 Å². The Bertz CT molecular complexity index is 3440. The van der Waals surface area contributed by atoms with Crippen molar-refractivity contribution in [3.8, 4) is 23.0 Å². The Morgan fingerprint density at radius 3 is 1.30 bits per heavy atom. The highest BCUT2D eigenvalue weighted by molar-refractivity contribution is 6.76. The van der Waals surface area contributed by atoms with Crippen LogP contribution in [0.3, 0.4) is 0 Å². The molecule has 0 spiro atoms. The first kappa shape index (κ1) is 88.5. The molecule has 0 aromatic heterocycles. The fourth-order valence-corrected chi connectivity index (χ4v) is 12.1. The van der Waals surface area contributed by atoms with Gasteiger partial charge in [0.2, 0.25) is 0 Å². The van der Waals surface area contributed by atoms with E-state index in [1.807, 2.05) is 6.07 Å². The van der Waals surface area contributed by atoms with Crippen molar-refractivity contribution in [2.45, 2.75) is 180 Å². The summed E-state index contributed by atoms with van der Waals surface area (Å²) >= 11 is 5.16. The number of hydrogen-bond donors (Lipinski definition) is 1. The lowest BCUT2D eigenvalue weighted by atomic mass is 9.93. The molecule has 2 aliphatic rings. The number of carbonyl (C=O) groups is 4. The van der Waals surface area contributed by atoms with Gasteiger partial charge in [-0.25, -0.2) is 14.4 Å². The van der Waals surface area contributed by atoms with Crippen molar-refractivity contribution >= 4 is 63.1 Å². The summed E-state index contributed by atoms with van der Waals surface area (Å²) in [5.74, 6) is -7.75. The third kappa shape index (κ3) is 30.3. The Balaban J connectivity index is 0.000000392. The van der Waals surface area contributed by atoms with Crippen molar-refractivity contribution in [1.82, 2.24) is 0 Å². The van der Waals surface area contributed by atoms with E-state index < -0.39 is 124 Å². The quantitative estimate of drug-likeness (QED) is 0.00894. The Labute approximate surface area is 609 Å². The Morgan fingerprint density at radius 2 is 0.942 bits per heavy atom. The monoisotopic (exact) mass is 1510 g/mol. The maximum atomic E-state index is 13.9. The highest BCUT2D eigenvalue weighted by Crippen LogP contribution is 2.40. The maximum Gasteiger partial charge on any atom is 0.395 e. The molecular formula is C76H103ClF6O18Si2. The summed E-state index contributed by atoms with van der Waals surface area (Å²) in [7, 11) is 2.96. The van der Waals surface area contributed by atoms with Crippen LogP contribution < -0.4 is 18.9 Å². The minimum Gasteiger partial charge on any atom is -0.497 e. The number of hydrogen-bond acceptors (Lipinski definition) is 18. The van der Waals surface area contributed by atoms with E-state index in [4.69, 9.17) is 73.2 Å². The molecule has 1 N–H and O–H groups in total. The molecule has 0 bridgehead atoms. The van der Waals surface area contributed by atoms with Crippen LogP contribution in [0, 0.1) is 23.7 Å². The highest BCUT2D eigenvalue weighted by Gasteiger charge is 2.48. The molecule has 8 atom stereocenters. The average Bonchev–Trinajstić information content (AvgIpc) is 1.78. The number of esters is 3. The molecule has 2 fully saturated rings. The van der Waals surface area contributed by atoms with Gasteiger partial charge in [0, 0.05) is 48.1 Å². The van der Waals surface area contributed by atoms with Crippen molar-refractivity contribution in [1.29, 1.82) is 0 Å². The normalized spacial score (nSPS) is 18.8. The van der Waals surface area contributed by atoms with Gasteiger partial charge >= 0.3 is 30.3 Å². The summed E-state index contributed by atoms with van der Waals surface area (Å²) in [6.45, 7) is 26.0. The van der Waals surface area contributed by atoms with Gasteiger partial charge in [0.05, 0.1) is 57.0 Å². The van der Waals surface area contributed by atoms with Crippen molar-refractivity contribution in [2.24, 2.45) is 23.7 Å². The standard InChI is InChI=1S/C38H51F3O9Si.C31H47F3O8Si.C7H5ClO/c1-25(2)29(38(39,40)41)18-19-30(48-35(42)26-14-11-10-12-15-26)34-31(49-37(3,4)50-34)17-13-16-27-22-28(45-6)23-32(47-24-44-5)33(27)36(43)46-20-21-51(7,8)9;1-20(2)23(31(32,33)34)13-14-24(35)28-25(41-30(3,4)42-28)12-10-11-21-17-22(38-6)18-26(40-19-37-5)27(21)29(36)39-15-16-43(7,8)9;8-7(9)6-4-2-1-3-5-6/h10-16,18-19,22-23,25,29-31,34H,17,20-21,24H2,1-9H3;10-11,13-14,17-18,20,23-25,28,35H,12,15-16,19H2,1-9H3;1-5H/b16-13+,19-18-;11-10+,14-13-;. The number of methoxy groups -OCH3 is 4.